The van der Waals surface area contributed by atoms with Crippen molar-refractivity contribution in [2.24, 2.45) is 4.99 Å². The first kappa shape index (κ1) is 19.1. The van der Waals surface area contributed by atoms with Crippen LogP contribution in [0.4, 0.5) is 5.69 Å². The normalized spacial score (nSPS) is 11.7. The Morgan fingerprint density at radius 1 is 1.45 bits per heavy atom. The van der Waals surface area contributed by atoms with Gasteiger partial charge in [-0.25, -0.2) is 0 Å². The third-order valence-corrected chi connectivity index (χ3v) is 2.97. The topological polar surface area (TPSA) is 116 Å². The van der Waals surface area contributed by atoms with E-state index in [1.807, 2.05) is 0 Å². The molecule has 0 amide bonds. The van der Waals surface area contributed by atoms with Gasteiger partial charge in [-0.2, -0.15) is 8.42 Å². The van der Waals surface area contributed by atoms with Crippen molar-refractivity contribution in [2.45, 2.75) is 18.2 Å². The van der Waals surface area contributed by atoms with Gasteiger partial charge in [-0.3, -0.25) is 14.3 Å². The number of rotatable bonds is 5. The predicted molar refractivity (Wildman–Crippen MR) is 65.2 cm³/mol. The largest absolute Gasteiger partial charge is 1.00 e. The molecular weight excluding hydrogens is 297 g/mol. The van der Waals surface area contributed by atoms with Gasteiger partial charge >= 0.3 is 29.6 Å². The summed E-state index contributed by atoms with van der Waals surface area (Å²) in [5.41, 5.74) is -0.241. The van der Waals surface area contributed by atoms with Gasteiger partial charge in [0.2, 0.25) is 0 Å². The Bertz CT molecular complexity index is 626. The molecule has 0 aliphatic rings. The van der Waals surface area contributed by atoms with Crippen molar-refractivity contribution >= 4 is 27.5 Å². The summed E-state index contributed by atoms with van der Waals surface area (Å²) in [4.78, 5) is 13.7. The van der Waals surface area contributed by atoms with Gasteiger partial charge in [-0.05, 0) is 25.0 Å². The van der Waals surface area contributed by atoms with E-state index in [4.69, 9.17) is 9.29 Å². The van der Waals surface area contributed by atoms with Gasteiger partial charge in [0, 0.05) is 12.5 Å². The van der Waals surface area contributed by atoms with E-state index in [1.54, 1.807) is 0 Å². The molecule has 0 unspecified atom stereocenters. The molecule has 0 radical (unpaired) electrons. The molecule has 0 aliphatic heterocycles. The minimum Gasteiger partial charge on any atom is -0.861 e. The number of aliphatic imine (C=N–C) groups is 1. The molecule has 9 heteroatoms. The Hall–Kier alpha value is -0.930. The third kappa shape index (κ3) is 5.59. The van der Waals surface area contributed by atoms with Crippen LogP contribution in [0.2, 0.25) is 0 Å². The zero-order valence-corrected chi connectivity index (χ0v) is 14.1. The molecule has 0 saturated carbocycles. The smallest absolute Gasteiger partial charge is 0.861 e. The fourth-order valence-electron chi connectivity index (χ4n) is 1.31. The van der Waals surface area contributed by atoms with Gasteiger partial charge in [-0.15, -0.1) is 0 Å². The SMILES string of the molecule is COc1ccc(N=C([O-])CC(C)=O)c(S(=O)(=O)O)c1.[Na+]. The Morgan fingerprint density at radius 3 is 2.50 bits per heavy atom. The quantitative estimate of drug-likeness (QED) is 0.274. The zero-order valence-electron chi connectivity index (χ0n) is 11.3. The number of benzene rings is 1. The Kier molecular flexibility index (Phi) is 7.39. The van der Waals surface area contributed by atoms with Crippen LogP contribution in [0.1, 0.15) is 13.3 Å². The first-order chi connectivity index (χ1) is 8.74. The minimum absolute atomic E-state index is 0. The van der Waals surface area contributed by atoms with Crippen molar-refractivity contribution in [2.75, 3.05) is 7.11 Å². The standard InChI is InChI=1S/C11H13NO6S.Na/c1-7(13)5-11(14)12-9-4-3-8(18-2)6-10(9)19(15,16)17;/h3-4,6H,5H2,1-2H3,(H,12,14)(H,15,16,17);/q;+1/p-1. The molecule has 0 aromatic heterocycles. The maximum absolute atomic E-state index is 11.4. The summed E-state index contributed by atoms with van der Waals surface area (Å²) in [6.45, 7) is 1.21. The van der Waals surface area contributed by atoms with Crippen LogP contribution in [0.5, 0.6) is 5.75 Å². The van der Waals surface area contributed by atoms with Crippen LogP contribution >= 0.6 is 0 Å². The molecule has 104 valence electrons. The van der Waals surface area contributed by atoms with E-state index >= 15 is 0 Å². The summed E-state index contributed by atoms with van der Waals surface area (Å²) in [5, 5.41) is 11.4. The average Bonchev–Trinajstić information content (AvgIpc) is 2.26. The summed E-state index contributed by atoms with van der Waals surface area (Å²) in [6.07, 6.45) is -0.434. The second kappa shape index (κ2) is 7.75. The van der Waals surface area contributed by atoms with Crippen LogP contribution in [-0.2, 0) is 14.9 Å². The van der Waals surface area contributed by atoms with Crippen molar-refractivity contribution in [3.8, 4) is 5.75 Å². The van der Waals surface area contributed by atoms with Crippen molar-refractivity contribution in [1.29, 1.82) is 0 Å². The number of nitrogens with zero attached hydrogens (tertiary/aromatic N) is 1. The minimum atomic E-state index is -4.55. The number of ether oxygens (including phenoxy) is 1. The Morgan fingerprint density at radius 2 is 2.05 bits per heavy atom. The van der Waals surface area contributed by atoms with Gasteiger partial charge < -0.3 is 9.84 Å². The maximum Gasteiger partial charge on any atom is 1.00 e. The molecule has 7 nitrogen and oxygen atoms in total. The Labute approximate surface area is 138 Å². The molecule has 0 spiro atoms. The van der Waals surface area contributed by atoms with Crippen molar-refractivity contribution < 1.29 is 57.2 Å². The van der Waals surface area contributed by atoms with Gasteiger partial charge in [0.15, 0.2) is 0 Å². The Balaban J connectivity index is 0.00000361. The summed E-state index contributed by atoms with van der Waals surface area (Å²) < 4.78 is 36.3. The zero-order chi connectivity index (χ0) is 14.6. The van der Waals surface area contributed by atoms with Crippen LogP contribution in [0.3, 0.4) is 0 Å². The van der Waals surface area contributed by atoms with Crippen LogP contribution in [-0.4, -0.2) is 31.8 Å². The second-order valence-corrected chi connectivity index (χ2v) is 5.08. The molecule has 0 bridgehead atoms. The number of Topliss-reactive ketones (excluding diaryl/α,β-unsaturated/α-hetero) is 1. The summed E-state index contributed by atoms with van der Waals surface area (Å²) >= 11 is 0. The molecule has 0 heterocycles. The molecule has 1 aromatic rings. The number of hydrogen-bond donors (Lipinski definition) is 1. The number of hydrogen-bond acceptors (Lipinski definition) is 6. The first-order valence-corrected chi connectivity index (χ1v) is 6.57. The van der Waals surface area contributed by atoms with Gasteiger partial charge in [0.05, 0.1) is 12.8 Å². The monoisotopic (exact) mass is 309 g/mol. The summed E-state index contributed by atoms with van der Waals surface area (Å²) in [6, 6.07) is 3.63. The fraction of sp³-hybridized carbons (Fsp3) is 0.273. The van der Waals surface area contributed by atoms with Crippen LogP contribution in [0.25, 0.3) is 0 Å². The molecule has 1 N–H and O–H groups in total. The van der Waals surface area contributed by atoms with Gasteiger partial charge in [0.25, 0.3) is 10.1 Å². The fourth-order valence-corrected chi connectivity index (χ4v) is 1.95. The summed E-state index contributed by atoms with van der Waals surface area (Å²) in [7, 11) is -3.23. The predicted octanol–water partition coefficient (Wildman–Crippen LogP) is -2.68. The maximum atomic E-state index is 11.4. The summed E-state index contributed by atoms with van der Waals surface area (Å²) in [5.74, 6) is -0.996. The molecule has 1 aromatic carbocycles. The van der Waals surface area contributed by atoms with E-state index in [1.165, 1.54) is 26.2 Å². The second-order valence-electron chi connectivity index (χ2n) is 3.69. The third-order valence-electron chi connectivity index (χ3n) is 2.09. The van der Waals surface area contributed by atoms with Crippen LogP contribution in [0.15, 0.2) is 28.1 Å². The van der Waals surface area contributed by atoms with Gasteiger partial charge in [0.1, 0.15) is 16.4 Å². The molecular formula is C11H12NNaO6S. The van der Waals surface area contributed by atoms with E-state index < -0.39 is 33.1 Å². The number of carbonyl (C=O) groups excluding carboxylic acids is 1. The number of methoxy groups -OCH3 is 1. The number of ketones is 1. The molecule has 0 aliphatic carbocycles. The van der Waals surface area contributed by atoms with E-state index in [9.17, 15) is 18.3 Å². The first-order valence-electron chi connectivity index (χ1n) is 5.13. The van der Waals surface area contributed by atoms with E-state index in [0.717, 1.165) is 6.07 Å². The molecule has 0 fully saturated rings. The van der Waals surface area contributed by atoms with Gasteiger partial charge in [-0.1, -0.05) is 0 Å². The number of carbonyl (C=O) groups is 1. The molecule has 1 rings (SSSR count). The molecule has 0 saturated heterocycles. The van der Waals surface area contributed by atoms with E-state index in [2.05, 4.69) is 4.99 Å². The van der Waals surface area contributed by atoms with E-state index in [-0.39, 0.29) is 41.0 Å². The molecule has 0 atom stereocenters. The van der Waals surface area contributed by atoms with Crippen LogP contribution < -0.4 is 39.4 Å². The average molecular weight is 309 g/mol. The van der Waals surface area contributed by atoms with Crippen LogP contribution in [0, 0.1) is 0 Å². The van der Waals surface area contributed by atoms with E-state index in [0.29, 0.717) is 0 Å². The van der Waals surface area contributed by atoms with Crippen molar-refractivity contribution in [3.63, 3.8) is 0 Å². The van der Waals surface area contributed by atoms with Crippen molar-refractivity contribution in [3.05, 3.63) is 18.2 Å². The molecule has 20 heavy (non-hydrogen) atoms. The van der Waals surface area contributed by atoms with Crippen molar-refractivity contribution in [1.82, 2.24) is 0 Å².